The minimum absolute atomic E-state index is 0.269. The number of para-hydroxylation sites is 1. The molecule has 0 fully saturated rings. The van der Waals surface area contributed by atoms with Gasteiger partial charge < -0.3 is 15.1 Å². The summed E-state index contributed by atoms with van der Waals surface area (Å²) in [5.41, 5.74) is 5.16. The molecule has 0 saturated heterocycles. The normalized spacial score (nSPS) is 11.7. The van der Waals surface area contributed by atoms with Gasteiger partial charge in [-0.3, -0.25) is 0 Å². The van der Waals surface area contributed by atoms with Gasteiger partial charge in [0.2, 0.25) is 0 Å². The number of aromatic carboxylic acids is 1. The number of fused-ring (bicyclic) bond motifs is 4. The van der Waals surface area contributed by atoms with Gasteiger partial charge in [-0.2, -0.15) is 0 Å². The maximum atomic E-state index is 11.3. The first-order valence-corrected chi connectivity index (χ1v) is 6.83. The van der Waals surface area contributed by atoms with E-state index in [9.17, 15) is 9.90 Å². The highest BCUT2D eigenvalue weighted by Crippen LogP contribution is 2.35. The molecule has 0 unspecified atom stereocenters. The van der Waals surface area contributed by atoms with Crippen LogP contribution in [-0.4, -0.2) is 21.0 Å². The predicted octanol–water partition coefficient (Wildman–Crippen LogP) is 4.12. The van der Waals surface area contributed by atoms with Gasteiger partial charge in [-0.05, 0) is 37.1 Å². The van der Waals surface area contributed by atoms with Crippen molar-refractivity contribution in [2.75, 3.05) is 0 Å². The lowest BCUT2D eigenvalue weighted by atomic mass is 10.0. The molecule has 4 heteroatoms. The maximum absolute atomic E-state index is 11.3. The second kappa shape index (κ2) is 3.88. The molecule has 4 rings (SSSR count). The van der Waals surface area contributed by atoms with Crippen LogP contribution in [-0.2, 0) is 0 Å². The van der Waals surface area contributed by atoms with E-state index in [0.29, 0.717) is 0 Å². The van der Waals surface area contributed by atoms with Crippen LogP contribution in [0.4, 0.5) is 0 Å². The summed E-state index contributed by atoms with van der Waals surface area (Å²) in [5, 5.41) is 12.6. The zero-order valence-corrected chi connectivity index (χ0v) is 11.7. The monoisotopic (exact) mass is 278 g/mol. The Morgan fingerprint density at radius 2 is 1.67 bits per heavy atom. The van der Waals surface area contributed by atoms with E-state index in [2.05, 4.69) is 29.0 Å². The first-order valence-electron chi connectivity index (χ1n) is 6.83. The molecule has 2 aromatic heterocycles. The van der Waals surface area contributed by atoms with Gasteiger partial charge in [0.15, 0.2) is 0 Å². The molecule has 0 aliphatic rings. The summed E-state index contributed by atoms with van der Waals surface area (Å²) in [5.74, 6) is -0.920. The highest BCUT2D eigenvalue weighted by atomic mass is 16.4. The Morgan fingerprint density at radius 1 is 0.952 bits per heavy atom. The highest BCUT2D eigenvalue weighted by molar-refractivity contribution is 6.15. The van der Waals surface area contributed by atoms with Gasteiger partial charge in [-0.15, -0.1) is 0 Å². The summed E-state index contributed by atoms with van der Waals surface area (Å²) in [6.07, 6.45) is 0. The molecule has 0 aliphatic heterocycles. The first kappa shape index (κ1) is 12.0. The highest BCUT2D eigenvalue weighted by Gasteiger charge is 2.18. The summed E-state index contributed by atoms with van der Waals surface area (Å²) in [4.78, 5) is 17.7. The van der Waals surface area contributed by atoms with Crippen molar-refractivity contribution < 1.29 is 9.90 Å². The van der Waals surface area contributed by atoms with Crippen LogP contribution in [0.5, 0.6) is 0 Å². The standard InChI is InChI=1S/C17H14N2O2/c1-8-14-9(2)16(17(20)21)19-12(14)7-13-15(8)10-5-3-4-6-11(10)18-13/h3-7,18-19H,1-2H3,(H,20,21). The molecule has 0 radical (unpaired) electrons. The molecule has 4 nitrogen and oxygen atoms in total. The quantitative estimate of drug-likeness (QED) is 0.490. The SMILES string of the molecule is Cc1c(C(=O)O)[nH]c2cc3[nH]c4ccccc4c3c(C)c12. The molecule has 3 N–H and O–H groups in total. The third-order valence-corrected chi connectivity index (χ3v) is 4.27. The third-order valence-electron chi connectivity index (χ3n) is 4.27. The van der Waals surface area contributed by atoms with Crippen molar-refractivity contribution in [1.29, 1.82) is 0 Å². The van der Waals surface area contributed by atoms with E-state index in [4.69, 9.17) is 0 Å². The van der Waals surface area contributed by atoms with Gasteiger partial charge in [-0.25, -0.2) is 4.79 Å². The number of carboxylic acid groups (broad SMARTS) is 1. The van der Waals surface area contributed by atoms with Crippen LogP contribution >= 0.6 is 0 Å². The lowest BCUT2D eigenvalue weighted by Gasteiger charge is -2.02. The average Bonchev–Trinajstić information content (AvgIpc) is 2.97. The Kier molecular flexibility index (Phi) is 2.22. The number of benzene rings is 2. The molecule has 0 saturated carbocycles. The van der Waals surface area contributed by atoms with Gasteiger partial charge in [0.1, 0.15) is 5.69 Å². The van der Waals surface area contributed by atoms with Crippen molar-refractivity contribution in [3.63, 3.8) is 0 Å². The van der Waals surface area contributed by atoms with E-state index in [0.717, 1.165) is 38.4 Å². The van der Waals surface area contributed by atoms with E-state index in [-0.39, 0.29) is 5.69 Å². The Balaban J connectivity index is 2.25. The van der Waals surface area contributed by atoms with Gasteiger partial charge in [0.05, 0.1) is 0 Å². The van der Waals surface area contributed by atoms with Gasteiger partial charge in [-0.1, -0.05) is 18.2 Å². The molecule has 2 heterocycles. The van der Waals surface area contributed by atoms with Crippen molar-refractivity contribution in [3.8, 4) is 0 Å². The second-order valence-corrected chi connectivity index (χ2v) is 5.45. The van der Waals surface area contributed by atoms with E-state index in [1.165, 1.54) is 5.39 Å². The number of nitrogens with one attached hydrogen (secondary N) is 2. The molecule has 0 aliphatic carbocycles. The number of rotatable bonds is 1. The number of aromatic amines is 2. The Morgan fingerprint density at radius 3 is 2.43 bits per heavy atom. The topological polar surface area (TPSA) is 68.9 Å². The summed E-state index contributed by atoms with van der Waals surface area (Å²) in [6, 6.07) is 10.2. The fourth-order valence-corrected chi connectivity index (χ4v) is 3.37. The molecule has 2 aromatic carbocycles. The van der Waals surface area contributed by atoms with Crippen LogP contribution in [0.3, 0.4) is 0 Å². The zero-order valence-electron chi connectivity index (χ0n) is 11.7. The second-order valence-electron chi connectivity index (χ2n) is 5.45. The molecular weight excluding hydrogens is 264 g/mol. The minimum atomic E-state index is -0.920. The van der Waals surface area contributed by atoms with Crippen molar-refractivity contribution in [2.45, 2.75) is 13.8 Å². The van der Waals surface area contributed by atoms with Crippen molar-refractivity contribution in [3.05, 3.63) is 47.2 Å². The van der Waals surface area contributed by atoms with Crippen molar-refractivity contribution in [1.82, 2.24) is 9.97 Å². The number of hydrogen-bond acceptors (Lipinski definition) is 1. The summed E-state index contributed by atoms with van der Waals surface area (Å²) in [7, 11) is 0. The number of aromatic nitrogens is 2. The van der Waals surface area contributed by atoms with E-state index in [1.54, 1.807) is 0 Å². The Labute approximate surface area is 120 Å². The first-order chi connectivity index (χ1) is 10.1. The van der Waals surface area contributed by atoms with Crippen molar-refractivity contribution >= 4 is 38.7 Å². The molecular formula is C17H14N2O2. The average molecular weight is 278 g/mol. The van der Waals surface area contributed by atoms with E-state index >= 15 is 0 Å². The third kappa shape index (κ3) is 1.47. The van der Waals surface area contributed by atoms with Crippen LogP contribution < -0.4 is 0 Å². The predicted molar refractivity (Wildman–Crippen MR) is 84.1 cm³/mol. The van der Waals surface area contributed by atoms with Crippen LogP contribution in [0.15, 0.2) is 30.3 Å². The molecule has 104 valence electrons. The zero-order chi connectivity index (χ0) is 14.7. The van der Waals surface area contributed by atoms with Gasteiger partial charge in [0.25, 0.3) is 0 Å². The van der Waals surface area contributed by atoms with Gasteiger partial charge in [0, 0.05) is 32.7 Å². The largest absolute Gasteiger partial charge is 0.477 e. The molecule has 0 spiro atoms. The number of H-pyrrole nitrogens is 2. The van der Waals surface area contributed by atoms with Crippen LogP contribution in [0.25, 0.3) is 32.7 Å². The Hall–Kier alpha value is -2.75. The molecule has 4 aromatic rings. The molecule has 21 heavy (non-hydrogen) atoms. The lowest BCUT2D eigenvalue weighted by Crippen LogP contribution is -1.98. The summed E-state index contributed by atoms with van der Waals surface area (Å²) >= 11 is 0. The van der Waals surface area contributed by atoms with Crippen LogP contribution in [0.1, 0.15) is 21.6 Å². The molecule has 0 amide bonds. The maximum Gasteiger partial charge on any atom is 0.352 e. The smallest absolute Gasteiger partial charge is 0.352 e. The molecule has 0 atom stereocenters. The lowest BCUT2D eigenvalue weighted by molar-refractivity contribution is 0.0691. The van der Waals surface area contributed by atoms with E-state index in [1.807, 2.05) is 25.1 Å². The molecule has 0 bridgehead atoms. The minimum Gasteiger partial charge on any atom is -0.477 e. The van der Waals surface area contributed by atoms with E-state index < -0.39 is 5.97 Å². The Bertz CT molecular complexity index is 1040. The fraction of sp³-hybridized carbons (Fsp3) is 0.118. The number of aryl methyl sites for hydroxylation is 2. The number of carboxylic acids is 1. The number of carbonyl (C=O) groups is 1. The van der Waals surface area contributed by atoms with Crippen LogP contribution in [0.2, 0.25) is 0 Å². The number of hydrogen-bond donors (Lipinski definition) is 3. The van der Waals surface area contributed by atoms with Gasteiger partial charge >= 0.3 is 5.97 Å². The summed E-state index contributed by atoms with van der Waals surface area (Å²) < 4.78 is 0. The fourth-order valence-electron chi connectivity index (χ4n) is 3.37. The van der Waals surface area contributed by atoms with Crippen LogP contribution in [0, 0.1) is 13.8 Å². The summed E-state index contributed by atoms with van der Waals surface area (Å²) in [6.45, 7) is 3.91. The van der Waals surface area contributed by atoms with Crippen molar-refractivity contribution in [2.24, 2.45) is 0 Å².